The summed E-state index contributed by atoms with van der Waals surface area (Å²) in [7, 11) is -9.04. The van der Waals surface area contributed by atoms with Crippen molar-refractivity contribution in [3.8, 4) is 0 Å². The molecule has 0 amide bonds. The molecule has 0 heterocycles. The molecule has 0 unspecified atom stereocenters. The first-order valence-electron chi connectivity index (χ1n) is 33.9. The molecule has 0 saturated heterocycles. The third-order valence-corrected chi connectivity index (χ3v) is 18.7. The molecule has 9 heteroatoms. The number of hydrogen-bond donors (Lipinski definition) is 0. The first-order chi connectivity index (χ1) is 38.9. The van der Waals surface area contributed by atoms with Gasteiger partial charge in [0.05, 0.1) is 9.79 Å². The van der Waals surface area contributed by atoms with E-state index >= 15 is 0 Å². The standard InChI is InChI=1S/2C36H60O3S.Ba/c2*1-3-5-7-9-11-13-15-17-19-21-23-26-32-30-35-33(28-25-29-34(35)36(31-32)40(37,38)39)27-24-22-20-18-16-14-12-10-8-6-4-2;/h2*25,28-31H,3-24,26-27H2,1-2H3,(H,37,38,39);/q;;+2/p-2. The second kappa shape index (κ2) is 48.9. The minimum absolute atomic E-state index is 0. The van der Waals surface area contributed by atoms with Crippen molar-refractivity contribution in [2.45, 2.75) is 346 Å². The molecule has 0 aliphatic heterocycles. The number of unbranched alkanes of at least 4 members (excludes halogenated alkanes) is 40. The van der Waals surface area contributed by atoms with Gasteiger partial charge in [0.15, 0.2) is 0 Å². The molecule has 0 bridgehead atoms. The van der Waals surface area contributed by atoms with E-state index in [0.717, 1.165) is 86.1 Å². The van der Waals surface area contributed by atoms with E-state index in [9.17, 15) is 25.9 Å². The topological polar surface area (TPSA) is 114 Å². The molecule has 4 aromatic carbocycles. The van der Waals surface area contributed by atoms with E-state index < -0.39 is 20.2 Å². The van der Waals surface area contributed by atoms with Crippen LogP contribution in [0, 0.1) is 0 Å². The van der Waals surface area contributed by atoms with Crippen molar-refractivity contribution in [2.24, 2.45) is 0 Å². The predicted octanol–water partition coefficient (Wildman–Crippen LogP) is 22.5. The molecule has 0 radical (unpaired) electrons. The zero-order valence-corrected chi connectivity index (χ0v) is 58.8. The van der Waals surface area contributed by atoms with E-state index in [1.54, 1.807) is 24.3 Å². The molecule has 0 saturated carbocycles. The van der Waals surface area contributed by atoms with Crippen LogP contribution < -0.4 is 0 Å². The van der Waals surface area contributed by atoms with Crippen LogP contribution in [-0.4, -0.2) is 74.8 Å². The van der Waals surface area contributed by atoms with Crippen molar-refractivity contribution < 1.29 is 25.9 Å². The maximum absolute atomic E-state index is 12.2. The Balaban J connectivity index is 0.000000547. The first-order valence-corrected chi connectivity index (χ1v) is 36.8. The first kappa shape index (κ1) is 75.9. The SMILES string of the molecule is CCCCCCCCCCCCCc1cc(S(=O)(=O)[O-])c2cccc(CCCCCCCCCCCCC)c2c1.CCCCCCCCCCCCCc1cc(S(=O)(=O)[O-])c2cccc(CCCCCCCCCCCCC)c2c1.[Ba+2]. The summed E-state index contributed by atoms with van der Waals surface area (Å²) < 4.78 is 73.0. The minimum atomic E-state index is -4.52. The Morgan fingerprint density at radius 2 is 0.481 bits per heavy atom. The van der Waals surface area contributed by atoms with Crippen molar-refractivity contribution >= 4 is 90.7 Å². The summed E-state index contributed by atoms with van der Waals surface area (Å²) in [5, 5.41) is 3.12. The van der Waals surface area contributed by atoms with Gasteiger partial charge >= 0.3 is 48.9 Å². The quantitative estimate of drug-likeness (QED) is 0.0247. The summed E-state index contributed by atoms with van der Waals surface area (Å²) in [6.07, 6.45) is 60.8. The van der Waals surface area contributed by atoms with Crippen LogP contribution in [0.3, 0.4) is 0 Å². The molecule has 0 aromatic heterocycles. The Hall–Kier alpha value is -1.21. The van der Waals surface area contributed by atoms with Gasteiger partial charge in [-0.2, -0.15) is 0 Å². The third kappa shape index (κ3) is 35.3. The average molecular weight is 1280 g/mol. The van der Waals surface area contributed by atoms with Gasteiger partial charge in [0.1, 0.15) is 20.2 Å². The van der Waals surface area contributed by atoms with Crippen molar-refractivity contribution in [1.29, 1.82) is 0 Å². The monoisotopic (exact) mass is 1280 g/mol. The van der Waals surface area contributed by atoms with E-state index in [-0.39, 0.29) is 58.7 Å². The fraction of sp³-hybridized carbons (Fsp3) is 0.722. The number of aryl methyl sites for hydroxylation is 4. The summed E-state index contributed by atoms with van der Waals surface area (Å²) >= 11 is 0. The molecule has 456 valence electrons. The van der Waals surface area contributed by atoms with Gasteiger partial charge in [-0.05, 0) is 107 Å². The Morgan fingerprint density at radius 3 is 0.704 bits per heavy atom. The predicted molar refractivity (Wildman–Crippen MR) is 350 cm³/mol. The Bertz CT molecular complexity index is 2230. The van der Waals surface area contributed by atoms with E-state index in [1.807, 2.05) is 12.1 Å². The zero-order valence-electron chi connectivity index (χ0n) is 52.7. The van der Waals surface area contributed by atoms with Gasteiger partial charge in [0.2, 0.25) is 0 Å². The van der Waals surface area contributed by atoms with E-state index in [1.165, 1.54) is 255 Å². The van der Waals surface area contributed by atoms with Crippen molar-refractivity contribution in [3.63, 3.8) is 0 Å². The van der Waals surface area contributed by atoms with Crippen LogP contribution in [0.2, 0.25) is 0 Å². The molecule has 0 fully saturated rings. The number of fused-ring (bicyclic) bond motifs is 2. The summed E-state index contributed by atoms with van der Waals surface area (Å²) in [6.45, 7) is 9.05. The Labute approximate surface area is 540 Å². The molecule has 0 atom stereocenters. The third-order valence-electron chi connectivity index (χ3n) is 17.0. The largest absolute Gasteiger partial charge is 2.00 e. The van der Waals surface area contributed by atoms with E-state index in [2.05, 4.69) is 52.0 Å². The van der Waals surface area contributed by atoms with Gasteiger partial charge in [-0.15, -0.1) is 0 Å². The maximum Gasteiger partial charge on any atom is 2.00 e. The molecule has 81 heavy (non-hydrogen) atoms. The van der Waals surface area contributed by atoms with Gasteiger partial charge < -0.3 is 9.11 Å². The molecular weight excluding hydrogens is 1160 g/mol. The normalized spacial score (nSPS) is 11.8. The van der Waals surface area contributed by atoms with Gasteiger partial charge in [-0.25, -0.2) is 16.8 Å². The molecular formula is C72H118BaO6S2. The summed E-state index contributed by atoms with van der Waals surface area (Å²) in [5.41, 5.74) is 4.34. The summed E-state index contributed by atoms with van der Waals surface area (Å²) in [6, 6.07) is 19.3. The van der Waals surface area contributed by atoms with Gasteiger partial charge in [0.25, 0.3) is 0 Å². The van der Waals surface area contributed by atoms with Crippen LogP contribution >= 0.6 is 0 Å². The van der Waals surface area contributed by atoms with Gasteiger partial charge in [-0.1, -0.05) is 333 Å². The van der Waals surface area contributed by atoms with Crippen LogP contribution in [0.1, 0.15) is 332 Å². The number of hydrogen-bond acceptors (Lipinski definition) is 6. The smallest absolute Gasteiger partial charge is 0.744 e. The Morgan fingerprint density at radius 1 is 0.272 bits per heavy atom. The zero-order chi connectivity index (χ0) is 57.8. The molecule has 0 aliphatic carbocycles. The molecule has 0 spiro atoms. The second-order valence-corrected chi connectivity index (χ2v) is 27.0. The fourth-order valence-electron chi connectivity index (χ4n) is 12.0. The molecule has 4 rings (SSSR count). The second-order valence-electron chi connectivity index (χ2n) is 24.3. The number of benzene rings is 4. The maximum atomic E-state index is 12.2. The van der Waals surface area contributed by atoms with Crippen LogP contribution in [0.5, 0.6) is 0 Å². The van der Waals surface area contributed by atoms with Crippen molar-refractivity contribution in [1.82, 2.24) is 0 Å². The summed E-state index contributed by atoms with van der Waals surface area (Å²) in [4.78, 5) is -0.0762. The van der Waals surface area contributed by atoms with Crippen LogP contribution in [0.25, 0.3) is 21.5 Å². The van der Waals surface area contributed by atoms with Crippen LogP contribution in [0.15, 0.2) is 70.5 Å². The van der Waals surface area contributed by atoms with Crippen LogP contribution in [0.4, 0.5) is 0 Å². The summed E-state index contributed by atoms with van der Waals surface area (Å²) in [5.74, 6) is 0. The van der Waals surface area contributed by atoms with Gasteiger partial charge in [-0.3, -0.25) is 0 Å². The van der Waals surface area contributed by atoms with Crippen molar-refractivity contribution in [2.75, 3.05) is 0 Å². The Kier molecular flexibility index (Phi) is 45.8. The number of rotatable bonds is 50. The fourth-order valence-corrected chi connectivity index (χ4v) is 13.5. The molecule has 0 aliphatic rings. The minimum Gasteiger partial charge on any atom is -0.744 e. The molecule has 4 aromatic rings. The van der Waals surface area contributed by atoms with Crippen molar-refractivity contribution in [3.05, 3.63) is 82.9 Å². The molecule has 0 N–H and O–H groups in total. The molecule has 6 nitrogen and oxygen atoms in total. The van der Waals surface area contributed by atoms with E-state index in [4.69, 9.17) is 0 Å². The van der Waals surface area contributed by atoms with E-state index in [0.29, 0.717) is 10.8 Å². The average Bonchev–Trinajstić information content (AvgIpc) is 3.60. The van der Waals surface area contributed by atoms with Crippen LogP contribution in [-0.2, 0) is 45.9 Å². The van der Waals surface area contributed by atoms with Gasteiger partial charge in [0, 0.05) is 0 Å².